The molecule has 0 bridgehead atoms. The van der Waals surface area contributed by atoms with Crippen molar-refractivity contribution in [3.63, 3.8) is 0 Å². The maximum absolute atomic E-state index is 12.9. The summed E-state index contributed by atoms with van der Waals surface area (Å²) in [6.07, 6.45) is 91.0. The lowest BCUT2D eigenvalue weighted by molar-refractivity contribution is -0.167. The molecule has 0 rings (SSSR count). The number of hydrogen-bond acceptors (Lipinski definition) is 6. The van der Waals surface area contributed by atoms with Gasteiger partial charge >= 0.3 is 17.9 Å². The smallest absolute Gasteiger partial charge is 0.306 e. The Labute approximate surface area is 503 Å². The molecule has 0 saturated heterocycles. The van der Waals surface area contributed by atoms with Crippen molar-refractivity contribution in [2.24, 2.45) is 0 Å². The quantitative estimate of drug-likeness (QED) is 0.0261. The molecule has 0 heterocycles. The molecule has 0 aliphatic heterocycles. The van der Waals surface area contributed by atoms with Gasteiger partial charge in [-0.15, -0.1) is 0 Å². The Kier molecular flexibility index (Phi) is 66.6. The van der Waals surface area contributed by atoms with E-state index in [2.05, 4.69) is 93.7 Å². The van der Waals surface area contributed by atoms with Gasteiger partial charge in [-0.05, 0) is 96.3 Å². The van der Waals surface area contributed by atoms with E-state index >= 15 is 0 Å². The number of hydrogen-bond donors (Lipinski definition) is 0. The lowest BCUT2D eigenvalue weighted by atomic mass is 10.0. The van der Waals surface area contributed by atoms with Crippen LogP contribution in [0.5, 0.6) is 0 Å². The highest BCUT2D eigenvalue weighted by atomic mass is 16.6. The molecule has 0 spiro atoms. The minimum Gasteiger partial charge on any atom is -0.462 e. The summed E-state index contributed by atoms with van der Waals surface area (Å²) < 4.78 is 16.9. The monoisotopic (exact) mass is 1130 g/mol. The van der Waals surface area contributed by atoms with Crippen LogP contribution < -0.4 is 0 Å². The molecule has 81 heavy (non-hydrogen) atoms. The third-order valence-electron chi connectivity index (χ3n) is 15.7. The van der Waals surface area contributed by atoms with Crippen LogP contribution in [0.25, 0.3) is 0 Å². The molecule has 0 aromatic rings. The van der Waals surface area contributed by atoms with E-state index in [1.807, 2.05) is 0 Å². The number of carbonyl (C=O) groups is 3. The zero-order chi connectivity index (χ0) is 58.5. The van der Waals surface area contributed by atoms with Crippen LogP contribution in [0.2, 0.25) is 0 Å². The van der Waals surface area contributed by atoms with Crippen LogP contribution in [0.15, 0.2) is 72.9 Å². The lowest BCUT2D eigenvalue weighted by Crippen LogP contribution is -2.30. The van der Waals surface area contributed by atoms with Gasteiger partial charge in [0, 0.05) is 19.3 Å². The minimum atomic E-state index is -0.775. The SMILES string of the molecule is CCCCCCC/C=C\C/C=C\C/C=C\CCCCCCCCCCCCCCCCCCC(=O)OCC(COC(=O)CCCCCCCCC)OC(=O)CCCCCCCCCCCC/C=C\C/C=C\C/C=C\CCCCCCC. The zero-order valence-electron chi connectivity index (χ0n) is 54.1. The first-order chi connectivity index (χ1) is 40.0. The van der Waals surface area contributed by atoms with Gasteiger partial charge in [0.1, 0.15) is 13.2 Å². The third-order valence-corrected chi connectivity index (χ3v) is 15.7. The summed E-state index contributed by atoms with van der Waals surface area (Å²) >= 11 is 0. The van der Waals surface area contributed by atoms with Crippen molar-refractivity contribution in [3.8, 4) is 0 Å². The average Bonchev–Trinajstić information content (AvgIpc) is 3.46. The second-order valence-corrected chi connectivity index (χ2v) is 23.8. The van der Waals surface area contributed by atoms with Crippen LogP contribution in [0.4, 0.5) is 0 Å². The largest absolute Gasteiger partial charge is 0.462 e. The molecule has 0 fully saturated rings. The first-order valence-electron chi connectivity index (χ1n) is 35.4. The molecule has 0 aliphatic rings. The molecule has 470 valence electrons. The van der Waals surface area contributed by atoms with Crippen molar-refractivity contribution in [3.05, 3.63) is 72.9 Å². The van der Waals surface area contributed by atoms with E-state index in [1.165, 1.54) is 244 Å². The summed E-state index contributed by atoms with van der Waals surface area (Å²) in [5, 5.41) is 0. The van der Waals surface area contributed by atoms with Crippen LogP contribution in [-0.4, -0.2) is 37.2 Å². The van der Waals surface area contributed by atoms with E-state index in [0.717, 1.165) is 83.5 Å². The van der Waals surface area contributed by atoms with Gasteiger partial charge in [-0.1, -0.05) is 325 Å². The highest BCUT2D eigenvalue weighted by Gasteiger charge is 2.19. The van der Waals surface area contributed by atoms with E-state index in [9.17, 15) is 14.4 Å². The van der Waals surface area contributed by atoms with Crippen LogP contribution in [0.1, 0.15) is 367 Å². The normalized spacial score (nSPS) is 12.5. The van der Waals surface area contributed by atoms with E-state index < -0.39 is 6.10 Å². The van der Waals surface area contributed by atoms with Gasteiger partial charge in [-0.2, -0.15) is 0 Å². The Morgan fingerprint density at radius 1 is 0.247 bits per heavy atom. The number of unbranched alkanes of at least 4 members (excludes halogenated alkanes) is 42. The molecule has 6 nitrogen and oxygen atoms in total. The highest BCUT2D eigenvalue weighted by Crippen LogP contribution is 2.17. The predicted molar refractivity (Wildman–Crippen MR) is 353 cm³/mol. The maximum Gasteiger partial charge on any atom is 0.306 e. The molecular weight excluding hydrogens is 997 g/mol. The molecule has 1 unspecified atom stereocenters. The molecule has 0 N–H and O–H groups in total. The Morgan fingerprint density at radius 3 is 0.691 bits per heavy atom. The molecule has 1 atom stereocenters. The van der Waals surface area contributed by atoms with Crippen LogP contribution in [-0.2, 0) is 28.6 Å². The Morgan fingerprint density at radius 2 is 0.444 bits per heavy atom. The summed E-state index contributed by atoms with van der Waals surface area (Å²) in [6, 6.07) is 0. The lowest BCUT2D eigenvalue weighted by Gasteiger charge is -2.18. The Bertz CT molecular complexity index is 1490. The standard InChI is InChI=1S/C75H134O6/c1-4-7-10-13-16-18-20-22-24-26-28-30-32-34-35-36-37-38-39-41-42-44-46-48-50-52-54-56-59-62-65-68-74(77)80-71-72(70-79-73(76)67-64-61-58-15-12-9-6-3)81-75(78)69-66-63-60-57-55-53-51-49-47-45-43-40-33-31-29-27-25-23-21-19-17-14-11-8-5-2/h20-23,26-29,32-34,40,72H,4-19,24-25,30-31,35-39,41-71H2,1-3H3/b22-20-,23-21-,28-26-,29-27-,34-32-,40-33-. The van der Waals surface area contributed by atoms with Gasteiger partial charge in [-0.25, -0.2) is 0 Å². The molecule has 0 saturated carbocycles. The van der Waals surface area contributed by atoms with Crippen molar-refractivity contribution in [1.29, 1.82) is 0 Å². The van der Waals surface area contributed by atoms with Gasteiger partial charge in [0.25, 0.3) is 0 Å². The number of ether oxygens (including phenoxy) is 3. The summed E-state index contributed by atoms with van der Waals surface area (Å²) in [6.45, 7) is 6.62. The number of esters is 3. The predicted octanol–water partition coefficient (Wildman–Crippen LogP) is 24.4. The second kappa shape index (κ2) is 69.3. The first-order valence-corrected chi connectivity index (χ1v) is 35.4. The summed E-state index contributed by atoms with van der Waals surface area (Å²) in [7, 11) is 0. The van der Waals surface area contributed by atoms with Gasteiger partial charge in [0.15, 0.2) is 6.10 Å². The van der Waals surface area contributed by atoms with Crippen molar-refractivity contribution < 1.29 is 28.6 Å². The van der Waals surface area contributed by atoms with Crippen molar-refractivity contribution in [2.45, 2.75) is 374 Å². The second-order valence-electron chi connectivity index (χ2n) is 23.8. The Hall–Kier alpha value is -3.15. The van der Waals surface area contributed by atoms with Gasteiger partial charge < -0.3 is 14.2 Å². The van der Waals surface area contributed by atoms with Crippen molar-refractivity contribution >= 4 is 17.9 Å². The van der Waals surface area contributed by atoms with E-state index in [1.54, 1.807) is 0 Å². The molecule has 0 aromatic heterocycles. The van der Waals surface area contributed by atoms with Gasteiger partial charge in [0.05, 0.1) is 0 Å². The first kappa shape index (κ1) is 77.9. The highest BCUT2D eigenvalue weighted by molar-refractivity contribution is 5.71. The van der Waals surface area contributed by atoms with E-state index in [-0.39, 0.29) is 31.1 Å². The van der Waals surface area contributed by atoms with Crippen LogP contribution in [0, 0.1) is 0 Å². The number of allylic oxidation sites excluding steroid dienone is 12. The molecular formula is C75H134O6. The van der Waals surface area contributed by atoms with Gasteiger partial charge in [0.2, 0.25) is 0 Å². The number of rotatable bonds is 65. The van der Waals surface area contributed by atoms with Crippen LogP contribution >= 0.6 is 0 Å². The Balaban J connectivity index is 4.06. The molecule has 0 aromatic carbocycles. The average molecular weight is 1130 g/mol. The van der Waals surface area contributed by atoms with Gasteiger partial charge in [-0.3, -0.25) is 14.4 Å². The van der Waals surface area contributed by atoms with Crippen LogP contribution in [0.3, 0.4) is 0 Å². The summed E-state index contributed by atoms with van der Waals surface area (Å²) in [5.74, 6) is -0.866. The maximum atomic E-state index is 12.9. The molecule has 0 amide bonds. The fraction of sp³-hybridized carbons (Fsp3) is 0.800. The minimum absolute atomic E-state index is 0.0734. The number of carbonyl (C=O) groups excluding carboxylic acids is 3. The van der Waals surface area contributed by atoms with E-state index in [0.29, 0.717) is 19.3 Å². The molecule has 0 aliphatic carbocycles. The molecule has 6 heteroatoms. The third kappa shape index (κ3) is 67.5. The summed E-state index contributed by atoms with van der Waals surface area (Å²) in [5.41, 5.74) is 0. The van der Waals surface area contributed by atoms with E-state index in [4.69, 9.17) is 14.2 Å². The van der Waals surface area contributed by atoms with Crippen molar-refractivity contribution in [2.75, 3.05) is 13.2 Å². The molecule has 0 radical (unpaired) electrons. The fourth-order valence-corrected chi connectivity index (χ4v) is 10.3. The fourth-order valence-electron chi connectivity index (χ4n) is 10.3. The van der Waals surface area contributed by atoms with Crippen molar-refractivity contribution in [1.82, 2.24) is 0 Å². The summed E-state index contributed by atoms with van der Waals surface area (Å²) in [4.78, 5) is 38.2. The topological polar surface area (TPSA) is 78.9 Å². The zero-order valence-corrected chi connectivity index (χ0v) is 54.1.